The predicted octanol–water partition coefficient (Wildman–Crippen LogP) is 4.87. The number of halogens is 2. The maximum atomic E-state index is 8.82. The normalized spacial score (nSPS) is 10.9. The first-order chi connectivity index (χ1) is 13.2. The van der Waals surface area contributed by atoms with Gasteiger partial charge in [-0.1, -0.05) is 35.7 Å². The van der Waals surface area contributed by atoms with Crippen molar-refractivity contribution in [3.05, 3.63) is 52.8 Å². The summed E-state index contributed by atoms with van der Waals surface area (Å²) >= 11 is 12.1. The molecule has 1 heterocycles. The van der Waals surface area contributed by atoms with Crippen LogP contribution in [0, 0.1) is 11.5 Å². The van der Waals surface area contributed by atoms with E-state index in [9.17, 15) is 0 Å². The Balaban J connectivity index is 1.63. The van der Waals surface area contributed by atoms with E-state index in [1.165, 1.54) is 0 Å². The van der Waals surface area contributed by atoms with Crippen LogP contribution in [0.2, 0.25) is 10.0 Å². The number of ether oxygens (including phenoxy) is 1. The lowest BCUT2D eigenvalue weighted by atomic mass is 10.2. The Morgan fingerprint density at radius 2 is 1.78 bits per heavy atom. The zero-order chi connectivity index (χ0) is 19.3. The van der Waals surface area contributed by atoms with Crippen molar-refractivity contribution in [3.8, 4) is 11.9 Å². The van der Waals surface area contributed by atoms with Crippen LogP contribution in [-0.4, -0.2) is 24.1 Å². The number of nitriles is 1. The van der Waals surface area contributed by atoms with Gasteiger partial charge in [0.25, 0.3) is 0 Å². The van der Waals surface area contributed by atoms with E-state index in [1.54, 1.807) is 42.7 Å². The first kappa shape index (κ1) is 20.8. The first-order valence-electron chi connectivity index (χ1n) is 8.64. The summed E-state index contributed by atoms with van der Waals surface area (Å²) in [5.41, 5.74) is 0.821. The molecule has 142 valence electrons. The fourth-order valence-electron chi connectivity index (χ4n) is 2.29. The molecule has 1 aromatic carbocycles. The monoisotopic (exact) mass is 405 g/mol. The number of benzene rings is 1. The van der Waals surface area contributed by atoms with Gasteiger partial charge in [-0.25, -0.2) is 0 Å². The molecule has 27 heavy (non-hydrogen) atoms. The molecule has 2 aromatic rings. The zero-order valence-corrected chi connectivity index (χ0v) is 16.3. The number of pyridine rings is 1. The van der Waals surface area contributed by atoms with Crippen LogP contribution in [0.15, 0.2) is 47.7 Å². The highest BCUT2D eigenvalue weighted by atomic mass is 35.5. The molecule has 0 aliphatic rings. The molecule has 0 atom stereocenters. The van der Waals surface area contributed by atoms with Crippen LogP contribution in [0.25, 0.3) is 0 Å². The van der Waals surface area contributed by atoms with Crippen molar-refractivity contribution in [3.63, 3.8) is 0 Å². The number of rotatable bonds is 9. The average molecular weight is 406 g/mol. The number of hydrogen-bond acceptors (Lipinski definition) is 4. The van der Waals surface area contributed by atoms with Gasteiger partial charge < -0.3 is 10.1 Å². The molecule has 0 aliphatic heterocycles. The number of guanidine groups is 1. The fourth-order valence-corrected chi connectivity index (χ4v) is 2.79. The average Bonchev–Trinajstić information content (AvgIpc) is 2.66. The van der Waals surface area contributed by atoms with Gasteiger partial charge in [-0.05, 0) is 43.5 Å². The smallest absolute Gasteiger partial charge is 0.209 e. The van der Waals surface area contributed by atoms with Crippen molar-refractivity contribution >= 4 is 34.8 Å². The van der Waals surface area contributed by atoms with E-state index < -0.39 is 0 Å². The molecule has 0 spiro atoms. The van der Waals surface area contributed by atoms with Crippen molar-refractivity contribution in [1.29, 1.82) is 5.26 Å². The Labute approximate surface area is 169 Å². The molecule has 8 heteroatoms. The summed E-state index contributed by atoms with van der Waals surface area (Å²) < 4.78 is 5.66. The topological polar surface area (TPSA) is 82.3 Å². The second-order valence-corrected chi connectivity index (χ2v) is 6.46. The van der Waals surface area contributed by atoms with Crippen molar-refractivity contribution in [1.82, 2.24) is 10.3 Å². The minimum atomic E-state index is 0.431. The zero-order valence-electron chi connectivity index (χ0n) is 14.8. The molecular formula is C19H21Cl2N5O. The Morgan fingerprint density at radius 1 is 1.07 bits per heavy atom. The van der Waals surface area contributed by atoms with Crippen LogP contribution in [0.5, 0.6) is 5.75 Å². The van der Waals surface area contributed by atoms with E-state index in [0.29, 0.717) is 34.9 Å². The molecule has 1 aromatic heterocycles. The second kappa shape index (κ2) is 12.0. The van der Waals surface area contributed by atoms with Gasteiger partial charge in [0.1, 0.15) is 0 Å². The molecule has 0 saturated heterocycles. The number of aliphatic imine (C=N–C) groups is 1. The largest absolute Gasteiger partial charge is 0.490 e. The molecule has 0 bridgehead atoms. The number of para-hydroxylation sites is 1. The fraction of sp³-hybridized carbons (Fsp3) is 0.316. The minimum Gasteiger partial charge on any atom is -0.490 e. The van der Waals surface area contributed by atoms with Crippen molar-refractivity contribution in [2.24, 2.45) is 4.99 Å². The summed E-state index contributed by atoms with van der Waals surface area (Å²) in [6, 6.07) is 8.91. The highest BCUT2D eigenvalue weighted by Gasteiger charge is 2.05. The van der Waals surface area contributed by atoms with Crippen LogP contribution < -0.4 is 15.4 Å². The van der Waals surface area contributed by atoms with Gasteiger partial charge >= 0.3 is 0 Å². The summed E-state index contributed by atoms with van der Waals surface area (Å²) in [7, 11) is 0. The molecule has 0 fully saturated rings. The van der Waals surface area contributed by atoms with Crippen LogP contribution in [0.3, 0.4) is 0 Å². The number of unbranched alkanes of at least 4 members (excludes halogenated alkanes) is 3. The van der Waals surface area contributed by atoms with Gasteiger partial charge in [0.05, 0.1) is 16.7 Å². The molecular weight excluding hydrogens is 385 g/mol. The summed E-state index contributed by atoms with van der Waals surface area (Å²) in [5.74, 6) is 0.972. The third-order valence-corrected chi connectivity index (χ3v) is 4.20. The number of nitrogens with zero attached hydrogens (tertiary/aromatic N) is 3. The Bertz CT molecular complexity index is 757. The van der Waals surface area contributed by atoms with Gasteiger partial charge in [-0.15, -0.1) is 0 Å². The molecule has 0 aliphatic carbocycles. The molecule has 0 radical (unpaired) electrons. The SMILES string of the molecule is N#CNC(=NCCCCCCOc1c(Cl)cccc1Cl)Nc1ccncc1. The molecule has 0 amide bonds. The number of anilines is 1. The maximum absolute atomic E-state index is 8.82. The Morgan fingerprint density at radius 3 is 2.48 bits per heavy atom. The van der Waals surface area contributed by atoms with E-state index in [1.807, 2.05) is 6.19 Å². The second-order valence-electron chi connectivity index (χ2n) is 5.64. The standard InChI is InChI=1S/C19H21Cl2N5O/c20-16-6-5-7-17(21)18(16)27-13-4-2-1-3-10-24-19(25-14-22)26-15-8-11-23-12-9-15/h5-9,11-12H,1-4,10,13H2,(H2,23,24,25,26). The molecule has 2 N–H and O–H groups in total. The van der Waals surface area contributed by atoms with Gasteiger partial charge in [0.2, 0.25) is 5.96 Å². The van der Waals surface area contributed by atoms with Crippen molar-refractivity contribution < 1.29 is 4.74 Å². The first-order valence-corrected chi connectivity index (χ1v) is 9.39. The minimum absolute atomic E-state index is 0.431. The summed E-state index contributed by atoms with van der Waals surface area (Å²) in [6.07, 6.45) is 9.07. The van der Waals surface area contributed by atoms with E-state index in [2.05, 4.69) is 20.6 Å². The molecule has 2 rings (SSSR count). The van der Waals surface area contributed by atoms with Gasteiger partial charge in [-0.3, -0.25) is 15.3 Å². The summed E-state index contributed by atoms with van der Waals surface area (Å²) in [5, 5.41) is 15.5. The third kappa shape index (κ3) is 7.73. The van der Waals surface area contributed by atoms with Gasteiger partial charge in [0.15, 0.2) is 11.9 Å². The number of nitrogens with one attached hydrogen (secondary N) is 2. The van der Waals surface area contributed by atoms with E-state index in [-0.39, 0.29) is 0 Å². The highest BCUT2D eigenvalue weighted by molar-refractivity contribution is 6.37. The quantitative estimate of drug-likeness (QED) is 0.204. The maximum Gasteiger partial charge on any atom is 0.209 e. The number of hydrogen-bond donors (Lipinski definition) is 2. The van der Waals surface area contributed by atoms with Crippen LogP contribution in [-0.2, 0) is 0 Å². The Hall–Kier alpha value is -2.49. The van der Waals surface area contributed by atoms with E-state index in [4.69, 9.17) is 33.2 Å². The Kier molecular flexibility index (Phi) is 9.25. The number of aromatic nitrogens is 1. The van der Waals surface area contributed by atoms with Crippen molar-refractivity contribution in [2.45, 2.75) is 25.7 Å². The van der Waals surface area contributed by atoms with Crippen molar-refractivity contribution in [2.75, 3.05) is 18.5 Å². The summed E-state index contributed by atoms with van der Waals surface area (Å²) in [6.45, 7) is 1.19. The molecule has 0 saturated carbocycles. The molecule has 0 unspecified atom stereocenters. The predicted molar refractivity (Wildman–Crippen MR) is 109 cm³/mol. The third-order valence-electron chi connectivity index (χ3n) is 3.61. The lowest BCUT2D eigenvalue weighted by Gasteiger charge is -2.09. The van der Waals surface area contributed by atoms with Crippen LogP contribution >= 0.6 is 23.2 Å². The van der Waals surface area contributed by atoms with E-state index >= 15 is 0 Å². The molecule has 6 nitrogen and oxygen atoms in total. The lowest BCUT2D eigenvalue weighted by Crippen LogP contribution is -2.27. The van der Waals surface area contributed by atoms with Crippen LogP contribution in [0.1, 0.15) is 25.7 Å². The van der Waals surface area contributed by atoms with Gasteiger partial charge in [0, 0.05) is 24.6 Å². The summed E-state index contributed by atoms with van der Waals surface area (Å²) in [4.78, 5) is 8.33. The van der Waals surface area contributed by atoms with Crippen LogP contribution in [0.4, 0.5) is 5.69 Å². The van der Waals surface area contributed by atoms with Gasteiger partial charge in [-0.2, -0.15) is 5.26 Å². The lowest BCUT2D eigenvalue weighted by molar-refractivity contribution is 0.305. The van der Waals surface area contributed by atoms with E-state index in [0.717, 1.165) is 31.4 Å². The highest BCUT2D eigenvalue weighted by Crippen LogP contribution is 2.32.